The van der Waals surface area contributed by atoms with E-state index in [2.05, 4.69) is 4.99 Å². The molecule has 0 N–H and O–H groups in total. The number of thioether (sulfide) groups is 1. The lowest BCUT2D eigenvalue weighted by Crippen LogP contribution is -2.32. The van der Waals surface area contributed by atoms with Gasteiger partial charge in [0.1, 0.15) is 6.54 Å². The van der Waals surface area contributed by atoms with Crippen LogP contribution in [0.1, 0.15) is 22.8 Å². The molecule has 1 saturated heterocycles. The monoisotopic (exact) mass is 306 g/mol. The second-order valence-electron chi connectivity index (χ2n) is 4.64. The van der Waals surface area contributed by atoms with Crippen LogP contribution < -0.4 is 0 Å². The van der Waals surface area contributed by atoms with Crippen LogP contribution in [0.25, 0.3) is 0 Å². The summed E-state index contributed by atoms with van der Waals surface area (Å²) in [6, 6.07) is 7.28. The van der Waals surface area contributed by atoms with Crippen molar-refractivity contribution >= 4 is 28.8 Å². The highest BCUT2D eigenvalue weighted by molar-refractivity contribution is 8.14. The molecular weight excluding hydrogens is 288 g/mol. The third-order valence-electron chi connectivity index (χ3n) is 2.98. The Bertz CT molecular complexity index is 555. The predicted molar refractivity (Wildman–Crippen MR) is 83.6 cm³/mol. The third-order valence-corrected chi connectivity index (χ3v) is 3.98. The minimum absolute atomic E-state index is 0.140. The van der Waals surface area contributed by atoms with E-state index in [0.717, 1.165) is 11.3 Å². The number of esters is 1. The smallest absolute Gasteiger partial charge is 0.325 e. The summed E-state index contributed by atoms with van der Waals surface area (Å²) in [6.45, 7) is 4.93. The number of aliphatic imine (C=N–C) groups is 1. The molecule has 0 aliphatic carbocycles. The largest absolute Gasteiger partial charge is 0.465 e. The fourth-order valence-electron chi connectivity index (χ4n) is 1.89. The Balaban J connectivity index is 2.06. The second-order valence-corrected chi connectivity index (χ2v) is 5.70. The fraction of sp³-hybridized carbons (Fsp3) is 0.400. The summed E-state index contributed by atoms with van der Waals surface area (Å²) in [5.41, 5.74) is 1.65. The maximum Gasteiger partial charge on any atom is 0.325 e. The SMILES string of the molecule is CCOC(=O)CN1CCSC1=NC(=O)c1ccc(C)cc1. The molecule has 1 aliphatic heterocycles. The molecule has 0 aromatic heterocycles. The van der Waals surface area contributed by atoms with Gasteiger partial charge in [-0.15, -0.1) is 0 Å². The lowest BCUT2D eigenvalue weighted by molar-refractivity contribution is -0.143. The van der Waals surface area contributed by atoms with Gasteiger partial charge in [-0.3, -0.25) is 9.59 Å². The minimum Gasteiger partial charge on any atom is -0.465 e. The minimum atomic E-state index is -0.296. The van der Waals surface area contributed by atoms with Crippen molar-refractivity contribution in [3.8, 4) is 0 Å². The van der Waals surface area contributed by atoms with E-state index in [0.29, 0.717) is 23.9 Å². The molecule has 2 rings (SSSR count). The van der Waals surface area contributed by atoms with E-state index in [1.165, 1.54) is 11.8 Å². The van der Waals surface area contributed by atoms with Gasteiger partial charge in [0.2, 0.25) is 0 Å². The molecule has 0 radical (unpaired) electrons. The average Bonchev–Trinajstić information content (AvgIpc) is 2.87. The Hall–Kier alpha value is -1.82. The molecule has 1 heterocycles. The van der Waals surface area contributed by atoms with Crippen molar-refractivity contribution in [1.29, 1.82) is 0 Å². The lowest BCUT2D eigenvalue weighted by atomic mass is 10.1. The zero-order valence-electron chi connectivity index (χ0n) is 12.2. The van der Waals surface area contributed by atoms with Gasteiger partial charge in [-0.05, 0) is 26.0 Å². The van der Waals surface area contributed by atoms with Gasteiger partial charge in [-0.2, -0.15) is 4.99 Å². The summed E-state index contributed by atoms with van der Waals surface area (Å²) < 4.78 is 4.93. The maximum atomic E-state index is 12.1. The Labute approximate surface area is 128 Å². The summed E-state index contributed by atoms with van der Waals surface area (Å²) in [5, 5.41) is 0.591. The fourth-order valence-corrected chi connectivity index (χ4v) is 2.87. The number of nitrogens with zero attached hydrogens (tertiary/aromatic N) is 2. The van der Waals surface area contributed by atoms with E-state index in [-0.39, 0.29) is 18.4 Å². The molecule has 1 fully saturated rings. The van der Waals surface area contributed by atoms with Crippen molar-refractivity contribution < 1.29 is 14.3 Å². The van der Waals surface area contributed by atoms with E-state index in [4.69, 9.17) is 4.74 Å². The highest BCUT2D eigenvalue weighted by Gasteiger charge is 2.23. The summed E-state index contributed by atoms with van der Waals surface area (Å²) >= 11 is 1.48. The summed E-state index contributed by atoms with van der Waals surface area (Å²) in [6.07, 6.45) is 0. The van der Waals surface area contributed by atoms with E-state index in [1.807, 2.05) is 19.1 Å². The van der Waals surface area contributed by atoms with Crippen molar-refractivity contribution in [3.63, 3.8) is 0 Å². The molecule has 0 saturated carbocycles. The molecule has 0 spiro atoms. The topological polar surface area (TPSA) is 59.0 Å². The molecule has 1 aliphatic rings. The van der Waals surface area contributed by atoms with Crippen LogP contribution >= 0.6 is 11.8 Å². The Kier molecular flexibility index (Phi) is 5.38. The van der Waals surface area contributed by atoms with Gasteiger partial charge in [0.05, 0.1) is 6.61 Å². The van der Waals surface area contributed by atoms with E-state index in [9.17, 15) is 9.59 Å². The van der Waals surface area contributed by atoms with Crippen LogP contribution in [0.2, 0.25) is 0 Å². The van der Waals surface area contributed by atoms with Crippen LogP contribution in [0.3, 0.4) is 0 Å². The predicted octanol–water partition coefficient (Wildman–Crippen LogP) is 2.10. The normalized spacial score (nSPS) is 16.3. The van der Waals surface area contributed by atoms with Crippen LogP contribution in [0.15, 0.2) is 29.3 Å². The lowest BCUT2D eigenvalue weighted by Gasteiger charge is -2.16. The maximum absolute atomic E-state index is 12.1. The summed E-state index contributed by atoms with van der Waals surface area (Å²) in [4.78, 5) is 29.6. The second kappa shape index (κ2) is 7.26. The number of carbonyl (C=O) groups is 2. The highest BCUT2D eigenvalue weighted by Crippen LogP contribution is 2.19. The molecule has 5 nitrogen and oxygen atoms in total. The van der Waals surface area contributed by atoms with E-state index in [1.54, 1.807) is 24.0 Å². The van der Waals surface area contributed by atoms with Crippen molar-refractivity contribution in [2.24, 2.45) is 4.99 Å². The van der Waals surface area contributed by atoms with Gasteiger partial charge < -0.3 is 9.64 Å². The van der Waals surface area contributed by atoms with Crippen molar-refractivity contribution in [2.75, 3.05) is 25.4 Å². The summed E-state index contributed by atoms with van der Waals surface area (Å²) in [5.74, 6) is 0.239. The number of ether oxygens (including phenoxy) is 1. The van der Waals surface area contributed by atoms with Crippen LogP contribution in [0, 0.1) is 6.92 Å². The van der Waals surface area contributed by atoms with Gasteiger partial charge in [-0.25, -0.2) is 0 Å². The first-order chi connectivity index (χ1) is 10.1. The molecule has 0 unspecified atom stereocenters. The standard InChI is InChI=1S/C15H18N2O3S/c1-3-20-13(18)10-17-8-9-21-15(17)16-14(19)12-6-4-11(2)5-7-12/h4-7H,3,8-10H2,1-2H3. The molecule has 6 heteroatoms. The first kappa shape index (κ1) is 15.6. The summed E-state index contributed by atoms with van der Waals surface area (Å²) in [7, 11) is 0. The number of aryl methyl sites for hydroxylation is 1. The third kappa shape index (κ3) is 4.32. The van der Waals surface area contributed by atoms with Crippen LogP contribution in [-0.4, -0.2) is 47.4 Å². The molecule has 0 atom stereocenters. The molecular formula is C15H18N2O3S. The van der Waals surface area contributed by atoms with E-state index < -0.39 is 0 Å². The molecule has 1 aromatic carbocycles. The van der Waals surface area contributed by atoms with Gasteiger partial charge in [0, 0.05) is 17.9 Å². The number of rotatable bonds is 4. The molecule has 21 heavy (non-hydrogen) atoms. The van der Waals surface area contributed by atoms with Crippen molar-refractivity contribution in [3.05, 3.63) is 35.4 Å². The number of carbonyl (C=O) groups excluding carboxylic acids is 2. The number of amides is 1. The van der Waals surface area contributed by atoms with Gasteiger partial charge in [-0.1, -0.05) is 29.5 Å². The number of hydrogen-bond acceptors (Lipinski definition) is 4. The van der Waals surface area contributed by atoms with Crippen molar-refractivity contribution in [1.82, 2.24) is 4.90 Å². The zero-order valence-corrected chi connectivity index (χ0v) is 13.0. The van der Waals surface area contributed by atoms with Crippen LogP contribution in [-0.2, 0) is 9.53 Å². The van der Waals surface area contributed by atoms with Gasteiger partial charge >= 0.3 is 5.97 Å². The van der Waals surface area contributed by atoms with Gasteiger partial charge in [0.25, 0.3) is 5.91 Å². The van der Waals surface area contributed by atoms with Crippen LogP contribution in [0.5, 0.6) is 0 Å². The zero-order chi connectivity index (χ0) is 15.2. The van der Waals surface area contributed by atoms with Gasteiger partial charge in [0.15, 0.2) is 5.17 Å². The molecule has 0 bridgehead atoms. The number of hydrogen-bond donors (Lipinski definition) is 0. The quantitative estimate of drug-likeness (QED) is 0.797. The Morgan fingerprint density at radius 3 is 2.71 bits per heavy atom. The highest BCUT2D eigenvalue weighted by atomic mass is 32.2. The van der Waals surface area contributed by atoms with Crippen LogP contribution in [0.4, 0.5) is 0 Å². The van der Waals surface area contributed by atoms with Crippen molar-refractivity contribution in [2.45, 2.75) is 13.8 Å². The molecule has 1 amide bonds. The average molecular weight is 306 g/mol. The Morgan fingerprint density at radius 2 is 2.05 bits per heavy atom. The number of benzene rings is 1. The Morgan fingerprint density at radius 1 is 1.33 bits per heavy atom. The van der Waals surface area contributed by atoms with E-state index >= 15 is 0 Å². The molecule has 112 valence electrons. The molecule has 1 aromatic rings. The first-order valence-electron chi connectivity index (χ1n) is 6.83. The number of amidine groups is 1. The first-order valence-corrected chi connectivity index (χ1v) is 7.81.